The minimum Gasteiger partial charge on any atom is -0.443 e. The van der Waals surface area contributed by atoms with Crippen molar-refractivity contribution in [2.45, 2.75) is 25.9 Å². The minimum atomic E-state index is -0.779. The molecule has 6 heteroatoms. The van der Waals surface area contributed by atoms with E-state index in [0.29, 0.717) is 13.1 Å². The van der Waals surface area contributed by atoms with Crippen molar-refractivity contribution in [3.63, 3.8) is 0 Å². The molecule has 20 heavy (non-hydrogen) atoms. The molecular weight excluding hydrogens is 260 g/mol. The second kappa shape index (κ2) is 7.37. The van der Waals surface area contributed by atoms with E-state index in [1.54, 1.807) is 4.90 Å². The molecular formula is C14H18N2O4. The summed E-state index contributed by atoms with van der Waals surface area (Å²) in [5, 5.41) is 0. The molecule has 1 aromatic rings. The molecule has 2 amide bonds. The number of amides is 2. The van der Waals surface area contributed by atoms with Crippen LogP contribution in [0.2, 0.25) is 0 Å². The topological polar surface area (TPSA) is 67.9 Å². The van der Waals surface area contributed by atoms with Gasteiger partial charge in [-0.15, -0.1) is 5.48 Å². The zero-order valence-electron chi connectivity index (χ0n) is 11.2. The number of nitrogens with one attached hydrogen (secondary N) is 1. The molecule has 1 aliphatic rings. The molecule has 1 aromatic carbocycles. The quantitative estimate of drug-likeness (QED) is 0.844. The summed E-state index contributed by atoms with van der Waals surface area (Å²) in [6.45, 7) is 1.47. The van der Waals surface area contributed by atoms with Gasteiger partial charge in [0.1, 0.15) is 6.61 Å². The van der Waals surface area contributed by atoms with Gasteiger partial charge >= 0.3 is 12.2 Å². The summed E-state index contributed by atoms with van der Waals surface area (Å²) >= 11 is 0. The Kier molecular flexibility index (Phi) is 5.23. The zero-order chi connectivity index (χ0) is 14.2. The van der Waals surface area contributed by atoms with Gasteiger partial charge in [0.2, 0.25) is 0 Å². The van der Waals surface area contributed by atoms with Crippen molar-refractivity contribution >= 4 is 12.2 Å². The highest BCUT2D eigenvalue weighted by molar-refractivity contribution is 5.72. The lowest BCUT2D eigenvalue weighted by Crippen LogP contribution is -2.40. The molecule has 2 rings (SSSR count). The van der Waals surface area contributed by atoms with E-state index in [-0.39, 0.29) is 6.61 Å². The molecule has 0 unspecified atom stereocenters. The Bertz CT molecular complexity index is 444. The van der Waals surface area contributed by atoms with Gasteiger partial charge in [0.15, 0.2) is 0 Å². The first-order chi connectivity index (χ1) is 9.75. The average molecular weight is 278 g/mol. The number of benzene rings is 1. The number of piperidine rings is 1. The van der Waals surface area contributed by atoms with E-state index >= 15 is 0 Å². The van der Waals surface area contributed by atoms with Crippen LogP contribution >= 0.6 is 0 Å². The van der Waals surface area contributed by atoms with E-state index in [1.807, 2.05) is 35.8 Å². The molecule has 108 valence electrons. The van der Waals surface area contributed by atoms with Crippen LogP contribution < -0.4 is 5.48 Å². The lowest BCUT2D eigenvalue weighted by molar-refractivity contribution is 0.0367. The number of ether oxygens (including phenoxy) is 1. The van der Waals surface area contributed by atoms with Crippen molar-refractivity contribution < 1.29 is 19.2 Å². The first kappa shape index (κ1) is 14.2. The van der Waals surface area contributed by atoms with Crippen LogP contribution in [0.1, 0.15) is 24.8 Å². The van der Waals surface area contributed by atoms with Crippen LogP contribution in [0, 0.1) is 0 Å². The highest BCUT2D eigenvalue weighted by Gasteiger charge is 2.19. The van der Waals surface area contributed by atoms with Crippen LogP contribution in [0.25, 0.3) is 0 Å². The van der Waals surface area contributed by atoms with Gasteiger partial charge in [-0.1, -0.05) is 30.3 Å². The second-order valence-corrected chi connectivity index (χ2v) is 4.58. The van der Waals surface area contributed by atoms with Crippen molar-refractivity contribution in [2.75, 3.05) is 13.1 Å². The van der Waals surface area contributed by atoms with Crippen molar-refractivity contribution in [1.29, 1.82) is 0 Å². The predicted octanol–water partition coefficient (Wildman–Crippen LogP) is 2.45. The monoisotopic (exact) mass is 278 g/mol. The van der Waals surface area contributed by atoms with Crippen LogP contribution in [-0.2, 0) is 16.2 Å². The normalized spacial score (nSPS) is 14.5. The Labute approximate surface area is 117 Å². The molecule has 0 atom stereocenters. The summed E-state index contributed by atoms with van der Waals surface area (Å²) in [6.07, 6.45) is 1.73. The van der Waals surface area contributed by atoms with Crippen molar-refractivity contribution in [3.05, 3.63) is 35.9 Å². The molecule has 0 radical (unpaired) electrons. The molecule has 0 bridgehead atoms. The number of rotatable bonds is 2. The standard InChI is InChI=1S/C14H18N2O4/c17-13(19-11-12-7-3-1-4-8-12)15-20-14(18)16-9-5-2-6-10-16/h1,3-4,7-8H,2,5-6,9-11H2,(H,15,17). The van der Waals surface area contributed by atoms with E-state index in [0.717, 1.165) is 24.8 Å². The number of hydroxylamine groups is 1. The smallest absolute Gasteiger partial charge is 0.441 e. The SMILES string of the molecule is O=C(NOC(=O)N1CCCCC1)OCc1ccccc1. The fraction of sp³-hybridized carbons (Fsp3) is 0.429. The molecule has 0 aliphatic carbocycles. The zero-order valence-corrected chi connectivity index (χ0v) is 11.2. The van der Waals surface area contributed by atoms with Crippen LogP contribution in [0.3, 0.4) is 0 Å². The lowest BCUT2D eigenvalue weighted by atomic mass is 10.1. The Morgan fingerprint density at radius 2 is 1.80 bits per heavy atom. The summed E-state index contributed by atoms with van der Waals surface area (Å²) in [7, 11) is 0. The number of likely N-dealkylation sites (tertiary alicyclic amines) is 1. The fourth-order valence-corrected chi connectivity index (χ4v) is 1.98. The molecule has 1 aliphatic heterocycles. The van der Waals surface area contributed by atoms with Gasteiger partial charge in [0.05, 0.1) is 0 Å². The van der Waals surface area contributed by atoms with Gasteiger partial charge in [0, 0.05) is 13.1 Å². The number of nitrogens with zero attached hydrogens (tertiary/aromatic N) is 1. The van der Waals surface area contributed by atoms with Crippen LogP contribution in [0.5, 0.6) is 0 Å². The molecule has 1 N–H and O–H groups in total. The van der Waals surface area contributed by atoms with Gasteiger partial charge in [-0.05, 0) is 24.8 Å². The fourth-order valence-electron chi connectivity index (χ4n) is 1.98. The number of carbonyl (C=O) groups is 2. The minimum absolute atomic E-state index is 0.133. The van der Waals surface area contributed by atoms with Gasteiger partial charge in [-0.3, -0.25) is 0 Å². The molecule has 0 aromatic heterocycles. The first-order valence-electron chi connectivity index (χ1n) is 6.68. The van der Waals surface area contributed by atoms with Crippen LogP contribution in [0.4, 0.5) is 9.59 Å². The van der Waals surface area contributed by atoms with Gasteiger partial charge in [-0.2, -0.15) is 0 Å². The number of carbonyl (C=O) groups excluding carboxylic acids is 2. The summed E-state index contributed by atoms with van der Waals surface area (Å²) in [5.41, 5.74) is 2.86. The lowest BCUT2D eigenvalue weighted by Gasteiger charge is -2.25. The third kappa shape index (κ3) is 4.46. The van der Waals surface area contributed by atoms with E-state index in [1.165, 1.54) is 0 Å². The van der Waals surface area contributed by atoms with Gasteiger partial charge in [-0.25, -0.2) is 9.59 Å². The molecule has 0 spiro atoms. The largest absolute Gasteiger partial charge is 0.443 e. The average Bonchev–Trinajstić information content (AvgIpc) is 2.52. The third-order valence-corrected chi connectivity index (χ3v) is 3.05. The maximum Gasteiger partial charge on any atom is 0.441 e. The maximum atomic E-state index is 11.6. The Hall–Kier alpha value is -2.24. The summed E-state index contributed by atoms with van der Waals surface area (Å²) < 4.78 is 4.92. The number of hydrogen-bond acceptors (Lipinski definition) is 4. The molecule has 1 heterocycles. The molecule has 0 saturated carbocycles. The van der Waals surface area contributed by atoms with E-state index in [9.17, 15) is 9.59 Å². The first-order valence-corrected chi connectivity index (χ1v) is 6.68. The Balaban J connectivity index is 1.65. The highest BCUT2D eigenvalue weighted by Crippen LogP contribution is 2.09. The summed E-state index contributed by atoms with van der Waals surface area (Å²) in [4.78, 5) is 29.2. The Morgan fingerprint density at radius 3 is 2.50 bits per heavy atom. The van der Waals surface area contributed by atoms with Crippen LogP contribution in [0.15, 0.2) is 30.3 Å². The second-order valence-electron chi connectivity index (χ2n) is 4.58. The van der Waals surface area contributed by atoms with Crippen molar-refractivity contribution in [1.82, 2.24) is 10.4 Å². The number of hydrogen-bond donors (Lipinski definition) is 1. The van der Waals surface area contributed by atoms with E-state index < -0.39 is 12.2 Å². The molecule has 1 saturated heterocycles. The maximum absolute atomic E-state index is 11.6. The molecule has 6 nitrogen and oxygen atoms in total. The van der Waals surface area contributed by atoms with E-state index in [4.69, 9.17) is 9.57 Å². The summed E-state index contributed by atoms with van der Waals surface area (Å²) in [5.74, 6) is 0. The highest BCUT2D eigenvalue weighted by atomic mass is 16.7. The molecule has 1 fully saturated rings. The van der Waals surface area contributed by atoms with Gasteiger partial charge in [0.25, 0.3) is 0 Å². The van der Waals surface area contributed by atoms with E-state index in [2.05, 4.69) is 0 Å². The third-order valence-electron chi connectivity index (χ3n) is 3.05. The van der Waals surface area contributed by atoms with Gasteiger partial charge < -0.3 is 14.5 Å². The van der Waals surface area contributed by atoms with Crippen molar-refractivity contribution in [2.24, 2.45) is 0 Å². The summed E-state index contributed by atoms with van der Waals surface area (Å²) in [6, 6.07) is 9.27. The Morgan fingerprint density at radius 1 is 1.10 bits per heavy atom. The van der Waals surface area contributed by atoms with Crippen molar-refractivity contribution in [3.8, 4) is 0 Å². The predicted molar refractivity (Wildman–Crippen MR) is 71.7 cm³/mol. The van der Waals surface area contributed by atoms with Crippen LogP contribution in [-0.4, -0.2) is 30.2 Å².